The van der Waals surface area contributed by atoms with Crippen molar-refractivity contribution in [2.75, 3.05) is 5.32 Å². The van der Waals surface area contributed by atoms with Gasteiger partial charge in [-0.15, -0.1) is 0 Å². The topological polar surface area (TPSA) is 89.0 Å². The highest BCUT2D eigenvalue weighted by Crippen LogP contribution is 2.36. The Hall–Kier alpha value is -3.35. The summed E-state index contributed by atoms with van der Waals surface area (Å²) in [6.07, 6.45) is 3.71. The van der Waals surface area contributed by atoms with E-state index in [1.165, 1.54) is 0 Å². The van der Waals surface area contributed by atoms with E-state index in [4.69, 9.17) is 4.74 Å². The molecule has 7 heteroatoms. The van der Waals surface area contributed by atoms with Crippen LogP contribution < -0.4 is 15.6 Å². The van der Waals surface area contributed by atoms with Crippen LogP contribution >= 0.6 is 0 Å². The number of aromatic amines is 1. The monoisotopic (exact) mass is 378 g/mol. The molecule has 2 aromatic heterocycles. The zero-order valence-electron chi connectivity index (χ0n) is 15.8. The molecule has 0 saturated carbocycles. The van der Waals surface area contributed by atoms with E-state index in [2.05, 4.69) is 15.4 Å². The fourth-order valence-electron chi connectivity index (χ4n) is 3.53. The van der Waals surface area contributed by atoms with Gasteiger partial charge in [-0.05, 0) is 37.6 Å². The van der Waals surface area contributed by atoms with Crippen LogP contribution in [0.4, 0.5) is 5.82 Å². The minimum absolute atomic E-state index is 0.0321. The predicted molar refractivity (Wildman–Crippen MR) is 106 cm³/mol. The van der Waals surface area contributed by atoms with Gasteiger partial charge >= 0.3 is 0 Å². The molecule has 28 heavy (non-hydrogen) atoms. The number of carbonyl (C=O) groups excluding carboxylic acids is 1. The number of H-pyrrole nitrogens is 1. The molecular weight excluding hydrogens is 356 g/mol. The van der Waals surface area contributed by atoms with Gasteiger partial charge in [0, 0.05) is 36.3 Å². The minimum atomic E-state index is -0.311. The summed E-state index contributed by atoms with van der Waals surface area (Å²) in [5.74, 6) is 0.832. The summed E-state index contributed by atoms with van der Waals surface area (Å²) in [5, 5.41) is 5.69. The number of anilines is 1. The Morgan fingerprint density at radius 1 is 1.25 bits per heavy atom. The van der Waals surface area contributed by atoms with E-state index >= 15 is 0 Å². The van der Waals surface area contributed by atoms with Crippen LogP contribution in [0.1, 0.15) is 48.9 Å². The largest absolute Gasteiger partial charge is 0.489 e. The van der Waals surface area contributed by atoms with Crippen LogP contribution in [0.2, 0.25) is 0 Å². The highest BCUT2D eigenvalue weighted by atomic mass is 16.5. The lowest BCUT2D eigenvalue weighted by Crippen LogP contribution is -2.27. The van der Waals surface area contributed by atoms with Crippen LogP contribution in [0.5, 0.6) is 5.75 Å². The summed E-state index contributed by atoms with van der Waals surface area (Å²) in [6.45, 7) is 4.32. The zero-order valence-corrected chi connectivity index (χ0v) is 15.8. The standard InChI is InChI=1S/C21H22N4O3/c1-13(2)25-20-19(21(27)24-25)17(10-18(26)23-20)15-6-3-7-16(9-15)28-12-14-5-4-8-22-11-14/h3-9,11,13,17H,10,12H2,1-2H3,(H,23,26)(H,24,27)/t17-/m0/s1. The van der Waals surface area contributed by atoms with Gasteiger partial charge < -0.3 is 10.1 Å². The average molecular weight is 378 g/mol. The van der Waals surface area contributed by atoms with Crippen LogP contribution in [0.15, 0.2) is 53.6 Å². The fraction of sp³-hybridized carbons (Fsp3) is 0.286. The Morgan fingerprint density at radius 2 is 2.11 bits per heavy atom. The van der Waals surface area contributed by atoms with Crippen molar-refractivity contribution in [3.63, 3.8) is 0 Å². The van der Waals surface area contributed by atoms with Crippen molar-refractivity contribution in [1.29, 1.82) is 0 Å². The van der Waals surface area contributed by atoms with Gasteiger partial charge in [-0.1, -0.05) is 18.2 Å². The molecule has 0 aliphatic carbocycles. The normalized spacial score (nSPS) is 16.0. The number of benzene rings is 1. The van der Waals surface area contributed by atoms with Crippen LogP contribution in [0.25, 0.3) is 0 Å². The van der Waals surface area contributed by atoms with Crippen molar-refractivity contribution < 1.29 is 9.53 Å². The lowest BCUT2D eigenvalue weighted by molar-refractivity contribution is -0.116. The summed E-state index contributed by atoms with van der Waals surface area (Å²) in [7, 11) is 0. The molecule has 1 amide bonds. The highest BCUT2D eigenvalue weighted by molar-refractivity contribution is 5.94. The first kappa shape index (κ1) is 18.0. The smallest absolute Gasteiger partial charge is 0.270 e. The molecule has 1 aliphatic rings. The van der Waals surface area contributed by atoms with Crippen molar-refractivity contribution >= 4 is 11.7 Å². The van der Waals surface area contributed by atoms with Gasteiger partial charge in [0.2, 0.25) is 5.91 Å². The number of nitrogens with one attached hydrogen (secondary N) is 2. The van der Waals surface area contributed by atoms with Crippen molar-refractivity contribution in [2.45, 2.75) is 38.8 Å². The van der Waals surface area contributed by atoms with E-state index < -0.39 is 0 Å². The molecule has 3 aromatic rings. The molecule has 0 bridgehead atoms. The van der Waals surface area contributed by atoms with Crippen LogP contribution in [0.3, 0.4) is 0 Å². The summed E-state index contributed by atoms with van der Waals surface area (Å²) in [4.78, 5) is 29.0. The summed E-state index contributed by atoms with van der Waals surface area (Å²) >= 11 is 0. The molecule has 2 N–H and O–H groups in total. The molecule has 1 atom stereocenters. The molecule has 4 rings (SSSR count). The second kappa shape index (κ2) is 7.34. The molecule has 144 valence electrons. The Morgan fingerprint density at radius 3 is 2.86 bits per heavy atom. The first-order valence-electron chi connectivity index (χ1n) is 9.29. The van der Waals surface area contributed by atoms with E-state index in [-0.39, 0.29) is 29.8 Å². The molecule has 0 saturated heterocycles. The number of hydrogen-bond donors (Lipinski definition) is 2. The van der Waals surface area contributed by atoms with Crippen molar-refractivity contribution in [3.8, 4) is 5.75 Å². The minimum Gasteiger partial charge on any atom is -0.489 e. The SMILES string of the molecule is CC(C)n1[nH]c(=O)c2c1NC(=O)C[C@H]2c1cccc(OCc2cccnc2)c1. The van der Waals surface area contributed by atoms with Gasteiger partial charge in [-0.25, -0.2) is 0 Å². The number of nitrogens with zero attached hydrogens (tertiary/aromatic N) is 2. The molecular formula is C21H22N4O3. The van der Waals surface area contributed by atoms with Crippen molar-refractivity contribution in [3.05, 3.63) is 75.8 Å². The van der Waals surface area contributed by atoms with E-state index in [0.717, 1.165) is 11.1 Å². The number of amides is 1. The van der Waals surface area contributed by atoms with Crippen LogP contribution in [-0.2, 0) is 11.4 Å². The third-order valence-electron chi connectivity index (χ3n) is 4.86. The number of aromatic nitrogens is 3. The summed E-state index contributed by atoms with van der Waals surface area (Å²) < 4.78 is 7.59. The first-order valence-corrected chi connectivity index (χ1v) is 9.29. The van der Waals surface area contributed by atoms with Gasteiger partial charge in [0.15, 0.2) is 0 Å². The first-order chi connectivity index (χ1) is 13.5. The number of carbonyl (C=O) groups is 1. The number of ether oxygens (including phenoxy) is 1. The Labute approximate surface area is 162 Å². The van der Waals surface area contributed by atoms with E-state index in [1.807, 2.05) is 50.2 Å². The molecule has 0 fully saturated rings. The lowest BCUT2D eigenvalue weighted by Gasteiger charge is -2.24. The summed E-state index contributed by atoms with van der Waals surface area (Å²) in [5.41, 5.74) is 2.28. The summed E-state index contributed by atoms with van der Waals surface area (Å²) in [6, 6.07) is 11.4. The number of rotatable bonds is 5. The maximum atomic E-state index is 12.6. The van der Waals surface area contributed by atoms with Crippen LogP contribution in [0, 0.1) is 0 Å². The molecule has 0 spiro atoms. The van der Waals surface area contributed by atoms with Crippen molar-refractivity contribution in [1.82, 2.24) is 14.8 Å². The average Bonchev–Trinajstić information content (AvgIpc) is 3.03. The fourth-order valence-corrected chi connectivity index (χ4v) is 3.53. The highest BCUT2D eigenvalue weighted by Gasteiger charge is 2.33. The van der Waals surface area contributed by atoms with Gasteiger partial charge in [0.25, 0.3) is 5.56 Å². The zero-order chi connectivity index (χ0) is 19.7. The molecule has 7 nitrogen and oxygen atoms in total. The third kappa shape index (κ3) is 3.43. The molecule has 3 heterocycles. The van der Waals surface area contributed by atoms with Crippen molar-refractivity contribution in [2.24, 2.45) is 0 Å². The van der Waals surface area contributed by atoms with Gasteiger partial charge in [0.05, 0.1) is 5.56 Å². The number of hydrogen-bond acceptors (Lipinski definition) is 4. The van der Waals surface area contributed by atoms with Gasteiger partial charge in [-0.3, -0.25) is 24.4 Å². The second-order valence-corrected chi connectivity index (χ2v) is 7.19. The quantitative estimate of drug-likeness (QED) is 0.713. The van der Waals surface area contributed by atoms with Gasteiger partial charge in [0.1, 0.15) is 18.2 Å². The molecule has 1 aromatic carbocycles. The molecule has 0 radical (unpaired) electrons. The van der Waals surface area contributed by atoms with E-state index in [9.17, 15) is 9.59 Å². The maximum absolute atomic E-state index is 12.6. The number of fused-ring (bicyclic) bond motifs is 1. The Bertz CT molecular complexity index is 1050. The Balaban J connectivity index is 1.65. The van der Waals surface area contributed by atoms with Gasteiger partial charge in [-0.2, -0.15) is 0 Å². The predicted octanol–water partition coefficient (Wildman–Crippen LogP) is 3.21. The van der Waals surface area contributed by atoms with E-state index in [0.29, 0.717) is 23.7 Å². The van der Waals surface area contributed by atoms with E-state index in [1.54, 1.807) is 17.1 Å². The maximum Gasteiger partial charge on any atom is 0.270 e. The lowest BCUT2D eigenvalue weighted by atomic mass is 9.87. The number of pyridine rings is 1. The molecule has 0 unspecified atom stereocenters. The Kier molecular flexibility index (Phi) is 4.73. The third-order valence-corrected chi connectivity index (χ3v) is 4.86. The van der Waals surface area contributed by atoms with Crippen LogP contribution in [-0.4, -0.2) is 20.7 Å². The molecule has 1 aliphatic heterocycles. The second-order valence-electron chi connectivity index (χ2n) is 7.19.